The zero-order chi connectivity index (χ0) is 17.9. The Hall–Kier alpha value is -1.61. The fraction of sp³-hybridized carbons (Fsp3) is 0.280. The van der Waals surface area contributed by atoms with Crippen molar-refractivity contribution in [2.75, 3.05) is 0 Å². The number of rotatable bonds is 1. The van der Waals surface area contributed by atoms with Crippen LogP contribution in [0.5, 0.6) is 0 Å². The van der Waals surface area contributed by atoms with E-state index < -0.39 is 0 Å². The van der Waals surface area contributed by atoms with Gasteiger partial charge in [-0.1, -0.05) is 74.5 Å². The minimum Gasteiger partial charge on any atom is -0.0619 e. The number of allylic oxidation sites excluding steroid dienone is 4. The van der Waals surface area contributed by atoms with Crippen molar-refractivity contribution in [2.24, 2.45) is 5.92 Å². The van der Waals surface area contributed by atoms with Crippen LogP contribution in [-0.2, 0) is 5.41 Å². The summed E-state index contributed by atoms with van der Waals surface area (Å²) in [7, 11) is 0. The molecule has 130 valence electrons. The van der Waals surface area contributed by atoms with Gasteiger partial charge in [0.15, 0.2) is 0 Å². The lowest BCUT2D eigenvalue weighted by atomic mass is 9.71. The number of benzene rings is 2. The number of hydrogen-bond donors (Lipinski definition) is 0. The van der Waals surface area contributed by atoms with E-state index in [0.29, 0.717) is 5.92 Å². The van der Waals surface area contributed by atoms with E-state index in [-0.39, 0.29) is 5.41 Å². The highest BCUT2D eigenvalue weighted by Gasteiger charge is 2.43. The average Bonchev–Trinajstić information content (AvgIpc) is 2.90. The highest BCUT2D eigenvalue weighted by atomic mass is 127. The van der Waals surface area contributed by atoms with Crippen LogP contribution in [-0.4, -0.2) is 0 Å². The Balaban J connectivity index is 1.68. The molecule has 1 unspecified atom stereocenters. The molecule has 1 atom stereocenters. The van der Waals surface area contributed by atoms with Crippen molar-refractivity contribution in [1.29, 1.82) is 0 Å². The summed E-state index contributed by atoms with van der Waals surface area (Å²) >= 11 is 2.53. The van der Waals surface area contributed by atoms with Gasteiger partial charge in [0.25, 0.3) is 0 Å². The van der Waals surface area contributed by atoms with E-state index in [4.69, 9.17) is 0 Å². The lowest BCUT2D eigenvalue weighted by Crippen LogP contribution is -2.32. The summed E-state index contributed by atoms with van der Waals surface area (Å²) < 4.78 is 1.50. The van der Waals surface area contributed by atoms with Crippen LogP contribution in [0.1, 0.15) is 44.2 Å². The molecule has 3 aliphatic carbocycles. The van der Waals surface area contributed by atoms with Crippen molar-refractivity contribution < 1.29 is 0 Å². The molecule has 3 aliphatic rings. The minimum atomic E-state index is 0.206. The van der Waals surface area contributed by atoms with E-state index in [1.165, 1.54) is 38.0 Å². The predicted molar refractivity (Wildman–Crippen MR) is 119 cm³/mol. The van der Waals surface area contributed by atoms with Crippen LogP contribution in [0.15, 0.2) is 66.3 Å². The highest BCUT2D eigenvalue weighted by molar-refractivity contribution is 14.1. The zero-order valence-electron chi connectivity index (χ0n) is 15.4. The molecule has 0 saturated carbocycles. The number of hydrogen-bond acceptors (Lipinski definition) is 0. The molecule has 0 bridgehead atoms. The molecule has 0 radical (unpaired) electrons. The smallest absolute Gasteiger partial charge is 0.00123 e. The van der Waals surface area contributed by atoms with E-state index in [0.717, 1.165) is 6.42 Å². The lowest BCUT2D eigenvalue weighted by molar-refractivity contribution is 0.410. The summed E-state index contributed by atoms with van der Waals surface area (Å²) in [6, 6.07) is 18.0. The highest BCUT2D eigenvalue weighted by Crippen LogP contribution is 2.54. The van der Waals surface area contributed by atoms with Crippen LogP contribution in [0.25, 0.3) is 14.7 Å². The maximum atomic E-state index is 2.53. The standard InChI is InChI=1S/C25H23I/c1-25(2)22-10-6-5-8-19(22)20-12-11-16(15-23(20)25)17-13-14-24(26)21-9-4-3-7-18(17)21/h3-12,23H,13-15H2,1-2H3. The van der Waals surface area contributed by atoms with Crippen molar-refractivity contribution in [3.8, 4) is 0 Å². The van der Waals surface area contributed by atoms with Gasteiger partial charge in [-0.05, 0) is 95.0 Å². The third-order valence-corrected chi connectivity index (χ3v) is 7.71. The second-order valence-corrected chi connectivity index (χ2v) is 9.57. The molecular formula is C25H23I. The van der Waals surface area contributed by atoms with Gasteiger partial charge in [-0.15, -0.1) is 0 Å². The van der Waals surface area contributed by atoms with Gasteiger partial charge in [-0.25, -0.2) is 0 Å². The normalized spacial score (nSPS) is 23.0. The summed E-state index contributed by atoms with van der Waals surface area (Å²) in [4.78, 5) is 0. The van der Waals surface area contributed by atoms with E-state index in [1.54, 1.807) is 16.7 Å². The van der Waals surface area contributed by atoms with Crippen LogP contribution >= 0.6 is 22.6 Å². The summed E-state index contributed by atoms with van der Waals surface area (Å²) in [6.07, 6.45) is 8.33. The number of halogens is 1. The van der Waals surface area contributed by atoms with Crippen molar-refractivity contribution in [3.05, 3.63) is 87.8 Å². The summed E-state index contributed by atoms with van der Waals surface area (Å²) in [6.45, 7) is 4.85. The molecule has 0 fully saturated rings. The molecule has 0 N–H and O–H groups in total. The van der Waals surface area contributed by atoms with Crippen LogP contribution in [0.4, 0.5) is 0 Å². The Morgan fingerprint density at radius 1 is 0.885 bits per heavy atom. The first kappa shape index (κ1) is 16.6. The van der Waals surface area contributed by atoms with Crippen molar-refractivity contribution in [2.45, 2.75) is 38.5 Å². The molecule has 0 aromatic heterocycles. The summed E-state index contributed by atoms with van der Waals surface area (Å²) in [5.41, 5.74) is 7.86. The van der Waals surface area contributed by atoms with E-state index >= 15 is 0 Å². The molecule has 1 heteroatoms. The molecule has 0 heterocycles. The number of fused-ring (bicyclic) bond motifs is 4. The SMILES string of the molecule is CC1(C)c2ccccc2C2=CC=C(C3=c4ccccc4=C(I)CC3)CC21. The van der Waals surface area contributed by atoms with Gasteiger partial charge in [0, 0.05) is 0 Å². The summed E-state index contributed by atoms with van der Waals surface area (Å²) in [5.74, 6) is 0.588. The molecule has 2 aromatic carbocycles. The topological polar surface area (TPSA) is 0 Å². The molecule has 0 amide bonds. The van der Waals surface area contributed by atoms with Crippen molar-refractivity contribution >= 4 is 37.3 Å². The van der Waals surface area contributed by atoms with Crippen LogP contribution < -0.4 is 10.4 Å². The molecule has 0 saturated heterocycles. The Kier molecular flexibility index (Phi) is 3.79. The van der Waals surface area contributed by atoms with Crippen molar-refractivity contribution in [1.82, 2.24) is 0 Å². The fourth-order valence-corrected chi connectivity index (χ4v) is 5.89. The van der Waals surface area contributed by atoms with Crippen LogP contribution in [0, 0.1) is 5.92 Å². The molecule has 26 heavy (non-hydrogen) atoms. The van der Waals surface area contributed by atoms with Gasteiger partial charge in [0.05, 0.1) is 0 Å². The van der Waals surface area contributed by atoms with Gasteiger partial charge >= 0.3 is 0 Å². The van der Waals surface area contributed by atoms with Crippen LogP contribution in [0.3, 0.4) is 0 Å². The zero-order valence-corrected chi connectivity index (χ0v) is 17.5. The molecular weight excluding hydrogens is 427 g/mol. The first-order chi connectivity index (χ1) is 12.6. The van der Waals surface area contributed by atoms with Gasteiger partial charge in [-0.2, -0.15) is 0 Å². The monoisotopic (exact) mass is 450 g/mol. The Morgan fingerprint density at radius 2 is 1.62 bits per heavy atom. The maximum absolute atomic E-state index is 2.53. The first-order valence-corrected chi connectivity index (χ1v) is 10.6. The summed E-state index contributed by atoms with van der Waals surface area (Å²) in [5, 5.41) is 2.90. The molecule has 0 aliphatic heterocycles. The third kappa shape index (κ3) is 2.32. The first-order valence-electron chi connectivity index (χ1n) is 9.55. The van der Waals surface area contributed by atoms with Crippen LogP contribution in [0.2, 0.25) is 0 Å². The minimum absolute atomic E-state index is 0.206. The van der Waals surface area contributed by atoms with E-state index in [9.17, 15) is 0 Å². The second kappa shape index (κ2) is 5.95. The molecule has 5 rings (SSSR count). The van der Waals surface area contributed by atoms with E-state index in [1.807, 2.05) is 0 Å². The molecule has 2 aromatic rings. The maximum Gasteiger partial charge on any atom is -0.00123 e. The second-order valence-electron chi connectivity index (χ2n) is 8.27. The largest absolute Gasteiger partial charge is 0.0619 e. The molecule has 0 spiro atoms. The van der Waals surface area contributed by atoms with Gasteiger partial charge in [-0.3, -0.25) is 0 Å². The third-order valence-electron chi connectivity index (χ3n) is 6.59. The molecule has 0 nitrogen and oxygen atoms in total. The van der Waals surface area contributed by atoms with Crippen molar-refractivity contribution in [3.63, 3.8) is 0 Å². The quantitative estimate of drug-likeness (QED) is 0.504. The van der Waals surface area contributed by atoms with Gasteiger partial charge < -0.3 is 0 Å². The van der Waals surface area contributed by atoms with Gasteiger partial charge in [0.2, 0.25) is 0 Å². The fourth-order valence-electron chi connectivity index (χ4n) is 5.15. The van der Waals surface area contributed by atoms with E-state index in [2.05, 4.69) is 97.1 Å². The predicted octanol–water partition coefficient (Wildman–Crippen LogP) is 5.50. The Morgan fingerprint density at radius 3 is 2.46 bits per heavy atom. The lowest BCUT2D eigenvalue weighted by Gasteiger charge is -2.32. The average molecular weight is 450 g/mol. The Bertz CT molecular complexity index is 1090. The Labute approximate surface area is 169 Å². The van der Waals surface area contributed by atoms with Gasteiger partial charge in [0.1, 0.15) is 0 Å².